The van der Waals surface area contributed by atoms with Crippen molar-refractivity contribution in [2.45, 2.75) is 37.4 Å². The number of nitrogens with one attached hydrogen (secondary N) is 1. The maximum absolute atomic E-state index is 12.8. The first kappa shape index (κ1) is 12.0. The van der Waals surface area contributed by atoms with Crippen LogP contribution < -0.4 is 5.32 Å². The van der Waals surface area contributed by atoms with E-state index >= 15 is 0 Å². The highest BCUT2D eigenvalue weighted by Gasteiger charge is 2.48. The van der Waals surface area contributed by atoms with E-state index in [1.807, 2.05) is 6.07 Å². The number of hydrogen-bond acceptors (Lipinski definition) is 1. The second-order valence-corrected chi connectivity index (χ2v) is 5.35. The molecule has 1 unspecified atom stereocenters. The molecular weight excluding hydrogens is 239 g/mol. The summed E-state index contributed by atoms with van der Waals surface area (Å²) >= 11 is 0. The number of alkyl halides is 3. The van der Waals surface area contributed by atoms with E-state index in [2.05, 4.69) is 5.32 Å². The molecule has 2 aliphatic rings. The van der Waals surface area contributed by atoms with Crippen molar-refractivity contribution in [3.05, 3.63) is 35.4 Å². The summed E-state index contributed by atoms with van der Waals surface area (Å²) in [5, 5.41) is 3.46. The van der Waals surface area contributed by atoms with Gasteiger partial charge in [0.15, 0.2) is 0 Å². The Morgan fingerprint density at radius 1 is 1.22 bits per heavy atom. The van der Waals surface area contributed by atoms with E-state index in [9.17, 15) is 13.2 Å². The van der Waals surface area contributed by atoms with E-state index in [0.717, 1.165) is 43.9 Å². The average molecular weight is 255 g/mol. The molecule has 4 heteroatoms. The highest BCUT2D eigenvalue weighted by molar-refractivity contribution is 5.34. The Balaban J connectivity index is 2.00. The first-order valence-electron chi connectivity index (χ1n) is 6.45. The van der Waals surface area contributed by atoms with Crippen LogP contribution in [0, 0.1) is 5.92 Å². The van der Waals surface area contributed by atoms with Crippen molar-refractivity contribution < 1.29 is 13.2 Å². The van der Waals surface area contributed by atoms with E-state index in [0.29, 0.717) is 5.92 Å². The average Bonchev–Trinajstić information content (AvgIpc) is 3.07. The number of benzene rings is 1. The zero-order valence-electron chi connectivity index (χ0n) is 10.1. The minimum absolute atomic E-state index is 0.193. The summed E-state index contributed by atoms with van der Waals surface area (Å²) in [6.07, 6.45) is 0.0115. The maximum Gasteiger partial charge on any atom is 0.416 e. The van der Waals surface area contributed by atoms with Crippen LogP contribution in [0.5, 0.6) is 0 Å². The second kappa shape index (κ2) is 3.98. The molecule has 2 fully saturated rings. The summed E-state index contributed by atoms with van der Waals surface area (Å²) in [5.74, 6) is 0.517. The summed E-state index contributed by atoms with van der Waals surface area (Å²) < 4.78 is 38.3. The van der Waals surface area contributed by atoms with E-state index in [4.69, 9.17) is 0 Å². The molecule has 1 saturated carbocycles. The summed E-state index contributed by atoms with van der Waals surface area (Å²) in [7, 11) is 0. The van der Waals surface area contributed by atoms with Crippen molar-refractivity contribution >= 4 is 0 Å². The third kappa shape index (κ3) is 1.92. The lowest BCUT2D eigenvalue weighted by Gasteiger charge is -2.31. The summed E-state index contributed by atoms with van der Waals surface area (Å²) in [6, 6.07) is 5.85. The van der Waals surface area contributed by atoms with Crippen LogP contribution in [0.1, 0.15) is 36.8 Å². The lowest BCUT2D eigenvalue weighted by atomic mass is 9.83. The first-order valence-corrected chi connectivity index (χ1v) is 6.45. The van der Waals surface area contributed by atoms with Crippen LogP contribution in [0.3, 0.4) is 0 Å². The van der Waals surface area contributed by atoms with Crippen molar-refractivity contribution in [1.82, 2.24) is 5.32 Å². The van der Waals surface area contributed by atoms with Gasteiger partial charge in [-0.05, 0) is 55.8 Å². The van der Waals surface area contributed by atoms with Crippen LogP contribution >= 0.6 is 0 Å². The standard InChI is InChI=1S/C14H16F3N/c15-14(16,17)12-4-1-3-11(9-12)13(10-5-6-10)7-2-8-18-13/h1,3-4,9-10,18H,2,5-8H2. The summed E-state index contributed by atoms with van der Waals surface area (Å²) in [6.45, 7) is 0.909. The van der Waals surface area contributed by atoms with Gasteiger partial charge >= 0.3 is 6.18 Å². The Labute approximate surface area is 104 Å². The molecule has 1 atom stereocenters. The van der Waals surface area contributed by atoms with E-state index in [-0.39, 0.29) is 5.54 Å². The Morgan fingerprint density at radius 2 is 2.00 bits per heavy atom. The molecule has 1 aliphatic heterocycles. The predicted octanol–water partition coefficient (Wildman–Crippen LogP) is 3.69. The number of hydrogen-bond donors (Lipinski definition) is 1. The third-order valence-electron chi connectivity index (χ3n) is 4.17. The van der Waals surface area contributed by atoms with Gasteiger partial charge in [0.05, 0.1) is 5.56 Å². The molecule has 1 aromatic carbocycles. The summed E-state index contributed by atoms with van der Waals surface area (Å²) in [4.78, 5) is 0. The molecule has 1 saturated heterocycles. The quantitative estimate of drug-likeness (QED) is 0.849. The fourth-order valence-corrected chi connectivity index (χ4v) is 3.15. The zero-order valence-corrected chi connectivity index (χ0v) is 10.1. The molecule has 0 radical (unpaired) electrons. The van der Waals surface area contributed by atoms with Crippen molar-refractivity contribution in [3.63, 3.8) is 0 Å². The van der Waals surface area contributed by atoms with Crippen LogP contribution in [0.4, 0.5) is 13.2 Å². The Morgan fingerprint density at radius 3 is 2.56 bits per heavy atom. The van der Waals surface area contributed by atoms with Gasteiger partial charge < -0.3 is 5.32 Å². The fraction of sp³-hybridized carbons (Fsp3) is 0.571. The van der Waals surface area contributed by atoms with Gasteiger partial charge in [-0.3, -0.25) is 0 Å². The molecular formula is C14H16F3N. The molecule has 0 amide bonds. The van der Waals surface area contributed by atoms with Gasteiger partial charge in [-0.2, -0.15) is 13.2 Å². The largest absolute Gasteiger partial charge is 0.416 e. The highest BCUT2D eigenvalue weighted by Crippen LogP contribution is 2.50. The van der Waals surface area contributed by atoms with Crippen LogP contribution in [-0.2, 0) is 11.7 Å². The number of halogens is 3. The van der Waals surface area contributed by atoms with Gasteiger partial charge in [-0.15, -0.1) is 0 Å². The van der Waals surface area contributed by atoms with Crippen LogP contribution in [0.2, 0.25) is 0 Å². The minimum atomic E-state index is -4.25. The summed E-state index contributed by atoms with van der Waals surface area (Å²) in [5.41, 5.74) is 0.0902. The van der Waals surface area contributed by atoms with Crippen molar-refractivity contribution in [3.8, 4) is 0 Å². The SMILES string of the molecule is FC(F)(F)c1cccc(C2(C3CC3)CCCN2)c1. The molecule has 0 aromatic heterocycles. The normalized spacial score (nSPS) is 28.6. The lowest BCUT2D eigenvalue weighted by molar-refractivity contribution is -0.137. The molecule has 1 aromatic rings. The molecule has 18 heavy (non-hydrogen) atoms. The van der Waals surface area contributed by atoms with Gasteiger partial charge in [-0.1, -0.05) is 12.1 Å². The van der Waals surface area contributed by atoms with Gasteiger partial charge in [0, 0.05) is 5.54 Å². The van der Waals surface area contributed by atoms with Crippen molar-refractivity contribution in [2.24, 2.45) is 5.92 Å². The number of rotatable bonds is 2. The molecule has 98 valence electrons. The highest BCUT2D eigenvalue weighted by atomic mass is 19.4. The van der Waals surface area contributed by atoms with Crippen LogP contribution in [-0.4, -0.2) is 6.54 Å². The van der Waals surface area contributed by atoms with Crippen molar-refractivity contribution in [1.29, 1.82) is 0 Å². The monoisotopic (exact) mass is 255 g/mol. The molecule has 1 aliphatic carbocycles. The van der Waals surface area contributed by atoms with Crippen LogP contribution in [0.15, 0.2) is 24.3 Å². The van der Waals surface area contributed by atoms with E-state index < -0.39 is 11.7 Å². The Kier molecular flexibility index (Phi) is 2.66. The first-order chi connectivity index (χ1) is 8.52. The fourth-order valence-electron chi connectivity index (χ4n) is 3.15. The van der Waals surface area contributed by atoms with Crippen molar-refractivity contribution in [2.75, 3.05) is 6.54 Å². The second-order valence-electron chi connectivity index (χ2n) is 5.35. The van der Waals surface area contributed by atoms with Gasteiger partial charge in [0.25, 0.3) is 0 Å². The molecule has 3 rings (SSSR count). The smallest absolute Gasteiger partial charge is 0.307 e. The zero-order chi connectivity index (χ0) is 12.8. The predicted molar refractivity (Wildman–Crippen MR) is 63.1 cm³/mol. The molecule has 0 spiro atoms. The van der Waals surface area contributed by atoms with Crippen LogP contribution in [0.25, 0.3) is 0 Å². The van der Waals surface area contributed by atoms with Gasteiger partial charge in [-0.25, -0.2) is 0 Å². The molecule has 1 N–H and O–H groups in total. The molecule has 0 bridgehead atoms. The Bertz CT molecular complexity index is 443. The molecule has 1 heterocycles. The third-order valence-corrected chi connectivity index (χ3v) is 4.17. The topological polar surface area (TPSA) is 12.0 Å². The van der Waals surface area contributed by atoms with E-state index in [1.54, 1.807) is 0 Å². The lowest BCUT2D eigenvalue weighted by Crippen LogP contribution is -2.39. The minimum Gasteiger partial charge on any atom is -0.307 e. The van der Waals surface area contributed by atoms with Gasteiger partial charge in [0.2, 0.25) is 0 Å². The Hall–Kier alpha value is -1.03. The van der Waals surface area contributed by atoms with Gasteiger partial charge in [0.1, 0.15) is 0 Å². The van der Waals surface area contributed by atoms with E-state index in [1.165, 1.54) is 12.1 Å². The maximum atomic E-state index is 12.8. The molecule has 1 nitrogen and oxygen atoms in total.